The number of hydrogen-bond donors (Lipinski definition) is 0. The zero-order valence-electron chi connectivity index (χ0n) is 16.7. The lowest BCUT2D eigenvalue weighted by Crippen LogP contribution is -2.37. The van der Waals surface area contributed by atoms with Gasteiger partial charge in [-0.1, -0.05) is 17.7 Å². The highest BCUT2D eigenvalue weighted by Crippen LogP contribution is 2.25. The molecule has 2 aromatic carbocycles. The standard InChI is InChI=1S/C21H24ClFN2O4S/c1-29-20-9-3-16(15-19(20)22)4-10-21(26)24-11-2-12-25(14-13-24)30(27,28)18-7-5-17(23)6-8-18/h3,5-9,15H,2,4,10-14H2,1H3. The fraction of sp³-hybridized carbons (Fsp3) is 0.381. The average Bonchev–Trinajstić information content (AvgIpc) is 2.99. The predicted molar refractivity (Wildman–Crippen MR) is 113 cm³/mol. The Morgan fingerprint density at radius 3 is 2.50 bits per heavy atom. The first-order valence-corrected chi connectivity index (χ1v) is 11.5. The van der Waals surface area contributed by atoms with Crippen molar-refractivity contribution in [2.45, 2.75) is 24.2 Å². The third-order valence-corrected chi connectivity index (χ3v) is 7.31. The number of ether oxygens (including phenoxy) is 1. The van der Waals surface area contributed by atoms with Gasteiger partial charge in [0.15, 0.2) is 0 Å². The molecule has 0 spiro atoms. The first kappa shape index (κ1) is 22.5. The minimum atomic E-state index is -3.72. The lowest BCUT2D eigenvalue weighted by atomic mass is 10.1. The topological polar surface area (TPSA) is 66.9 Å². The molecule has 0 radical (unpaired) electrons. The normalized spacial score (nSPS) is 15.6. The van der Waals surface area contributed by atoms with Crippen LogP contribution < -0.4 is 4.74 Å². The van der Waals surface area contributed by atoms with Crippen LogP contribution in [0.15, 0.2) is 47.4 Å². The second-order valence-electron chi connectivity index (χ2n) is 7.06. The molecule has 1 aliphatic rings. The minimum Gasteiger partial charge on any atom is -0.495 e. The van der Waals surface area contributed by atoms with E-state index in [1.165, 1.54) is 16.4 Å². The highest BCUT2D eigenvalue weighted by atomic mass is 35.5. The van der Waals surface area contributed by atoms with Gasteiger partial charge in [-0.3, -0.25) is 4.79 Å². The van der Waals surface area contributed by atoms with E-state index >= 15 is 0 Å². The molecule has 1 fully saturated rings. The molecule has 162 valence electrons. The number of nitrogens with zero attached hydrogens (tertiary/aromatic N) is 2. The van der Waals surface area contributed by atoms with Crippen molar-refractivity contribution in [2.24, 2.45) is 0 Å². The van der Waals surface area contributed by atoms with Crippen molar-refractivity contribution >= 4 is 27.5 Å². The van der Waals surface area contributed by atoms with Gasteiger partial charge in [0.2, 0.25) is 15.9 Å². The third kappa shape index (κ3) is 5.30. The molecule has 0 aromatic heterocycles. The van der Waals surface area contributed by atoms with Crippen molar-refractivity contribution in [1.82, 2.24) is 9.21 Å². The number of carbonyl (C=O) groups excluding carboxylic acids is 1. The third-order valence-electron chi connectivity index (χ3n) is 5.10. The van der Waals surface area contributed by atoms with Crippen molar-refractivity contribution in [3.05, 3.63) is 58.9 Å². The smallest absolute Gasteiger partial charge is 0.243 e. The molecule has 0 unspecified atom stereocenters. The summed E-state index contributed by atoms with van der Waals surface area (Å²) in [6, 6.07) is 10.2. The molecule has 0 atom stereocenters. The van der Waals surface area contributed by atoms with E-state index in [1.807, 2.05) is 6.07 Å². The monoisotopic (exact) mass is 454 g/mol. The van der Waals surface area contributed by atoms with Gasteiger partial charge < -0.3 is 9.64 Å². The molecular weight excluding hydrogens is 431 g/mol. The number of methoxy groups -OCH3 is 1. The number of rotatable bonds is 6. The number of carbonyl (C=O) groups is 1. The van der Waals surface area contributed by atoms with Gasteiger partial charge >= 0.3 is 0 Å². The van der Waals surface area contributed by atoms with Crippen molar-refractivity contribution in [3.63, 3.8) is 0 Å². The molecule has 2 aromatic rings. The van der Waals surface area contributed by atoms with Gasteiger partial charge in [-0.15, -0.1) is 0 Å². The molecule has 1 amide bonds. The van der Waals surface area contributed by atoms with Crippen LogP contribution in [0.3, 0.4) is 0 Å². The van der Waals surface area contributed by atoms with Crippen molar-refractivity contribution in [1.29, 1.82) is 0 Å². The second kappa shape index (κ2) is 9.76. The maximum Gasteiger partial charge on any atom is 0.243 e. The zero-order chi connectivity index (χ0) is 21.7. The summed E-state index contributed by atoms with van der Waals surface area (Å²) in [7, 11) is -2.17. The lowest BCUT2D eigenvalue weighted by molar-refractivity contribution is -0.131. The fourth-order valence-electron chi connectivity index (χ4n) is 3.41. The number of hydrogen-bond acceptors (Lipinski definition) is 4. The minimum absolute atomic E-state index is 0.0250. The van der Waals surface area contributed by atoms with E-state index in [0.717, 1.165) is 17.7 Å². The van der Waals surface area contributed by atoms with Crippen LogP contribution in [-0.2, 0) is 21.2 Å². The number of aryl methyl sites for hydroxylation is 1. The lowest BCUT2D eigenvalue weighted by Gasteiger charge is -2.22. The second-order valence-corrected chi connectivity index (χ2v) is 9.41. The molecule has 0 bridgehead atoms. The van der Waals surface area contributed by atoms with E-state index in [9.17, 15) is 17.6 Å². The molecule has 0 saturated carbocycles. The Morgan fingerprint density at radius 1 is 1.10 bits per heavy atom. The summed E-state index contributed by atoms with van der Waals surface area (Å²) < 4.78 is 45.2. The van der Waals surface area contributed by atoms with E-state index in [4.69, 9.17) is 16.3 Å². The first-order chi connectivity index (χ1) is 14.3. The number of amides is 1. The Bertz CT molecular complexity index is 999. The van der Waals surface area contributed by atoms with Gasteiger partial charge in [-0.2, -0.15) is 4.31 Å². The maximum absolute atomic E-state index is 13.1. The molecule has 0 aliphatic carbocycles. The molecule has 9 heteroatoms. The summed E-state index contributed by atoms with van der Waals surface area (Å²) >= 11 is 6.13. The molecule has 30 heavy (non-hydrogen) atoms. The van der Waals surface area contributed by atoms with E-state index in [2.05, 4.69) is 0 Å². The van der Waals surface area contributed by atoms with E-state index < -0.39 is 15.8 Å². The molecule has 1 aliphatic heterocycles. The summed E-state index contributed by atoms with van der Waals surface area (Å²) in [5, 5.41) is 0.499. The maximum atomic E-state index is 13.1. The van der Waals surface area contributed by atoms with Gasteiger partial charge in [0.1, 0.15) is 11.6 Å². The largest absolute Gasteiger partial charge is 0.495 e. The zero-order valence-corrected chi connectivity index (χ0v) is 18.3. The van der Waals surface area contributed by atoms with Crippen molar-refractivity contribution in [2.75, 3.05) is 33.3 Å². The summed E-state index contributed by atoms with van der Waals surface area (Å²) in [5.41, 5.74) is 0.935. The van der Waals surface area contributed by atoms with Gasteiger partial charge in [-0.25, -0.2) is 12.8 Å². The molecular formula is C21H24ClFN2O4S. The Kier molecular flexibility index (Phi) is 7.33. The van der Waals surface area contributed by atoms with E-state index in [0.29, 0.717) is 49.7 Å². The SMILES string of the molecule is COc1ccc(CCC(=O)N2CCCN(S(=O)(=O)c3ccc(F)cc3)CC2)cc1Cl. The molecule has 1 heterocycles. The van der Waals surface area contributed by atoms with Gasteiger partial charge in [0, 0.05) is 32.6 Å². The molecule has 3 rings (SSSR count). The number of halogens is 2. The average molecular weight is 455 g/mol. The Morgan fingerprint density at radius 2 is 1.83 bits per heavy atom. The van der Waals surface area contributed by atoms with Crippen LogP contribution >= 0.6 is 11.6 Å². The van der Waals surface area contributed by atoms with Crippen LogP contribution in [-0.4, -0.2) is 56.8 Å². The van der Waals surface area contributed by atoms with Crippen LogP contribution in [0.4, 0.5) is 4.39 Å². The summed E-state index contributed by atoms with van der Waals surface area (Å²) in [6.07, 6.45) is 1.39. The van der Waals surface area contributed by atoms with Crippen LogP contribution in [0.2, 0.25) is 5.02 Å². The van der Waals surface area contributed by atoms with Crippen LogP contribution in [0.5, 0.6) is 5.75 Å². The van der Waals surface area contributed by atoms with Crippen LogP contribution in [0, 0.1) is 5.82 Å². The van der Waals surface area contributed by atoms with Crippen LogP contribution in [0.1, 0.15) is 18.4 Å². The van der Waals surface area contributed by atoms with Crippen molar-refractivity contribution < 1.29 is 22.3 Å². The highest BCUT2D eigenvalue weighted by Gasteiger charge is 2.28. The van der Waals surface area contributed by atoms with Crippen molar-refractivity contribution in [3.8, 4) is 5.75 Å². The number of sulfonamides is 1. The quantitative estimate of drug-likeness (QED) is 0.671. The Balaban J connectivity index is 1.58. The first-order valence-electron chi connectivity index (χ1n) is 9.67. The summed E-state index contributed by atoms with van der Waals surface area (Å²) in [4.78, 5) is 14.4. The number of benzene rings is 2. The Hall–Kier alpha value is -2.16. The van der Waals surface area contributed by atoms with Gasteiger partial charge in [0.05, 0.1) is 17.0 Å². The van der Waals surface area contributed by atoms with Gasteiger partial charge in [0.25, 0.3) is 0 Å². The van der Waals surface area contributed by atoms with Crippen LogP contribution in [0.25, 0.3) is 0 Å². The van der Waals surface area contributed by atoms with E-state index in [-0.39, 0.29) is 17.3 Å². The predicted octanol–water partition coefficient (Wildman–Crippen LogP) is 3.34. The molecule has 6 nitrogen and oxygen atoms in total. The Labute approximate surface area is 181 Å². The highest BCUT2D eigenvalue weighted by molar-refractivity contribution is 7.89. The summed E-state index contributed by atoms with van der Waals surface area (Å²) in [6.45, 7) is 1.34. The fourth-order valence-corrected chi connectivity index (χ4v) is 5.16. The molecule has 0 N–H and O–H groups in total. The van der Waals surface area contributed by atoms with E-state index in [1.54, 1.807) is 24.1 Å². The molecule has 1 saturated heterocycles. The summed E-state index contributed by atoms with van der Waals surface area (Å²) in [5.74, 6) is 0.0735. The van der Waals surface area contributed by atoms with Gasteiger partial charge in [-0.05, 0) is 54.8 Å².